The molecule has 0 bridgehead atoms. The summed E-state index contributed by atoms with van der Waals surface area (Å²) in [5, 5.41) is 1.40. The number of nitrogens with zero attached hydrogens (tertiary/aromatic N) is 2. The Morgan fingerprint density at radius 1 is 1.56 bits per heavy atom. The highest BCUT2D eigenvalue weighted by Gasteiger charge is 2.31. The lowest BCUT2D eigenvalue weighted by molar-refractivity contribution is -0.117. The van der Waals surface area contributed by atoms with Gasteiger partial charge in [0.05, 0.1) is 10.2 Å². The van der Waals surface area contributed by atoms with E-state index in [0.29, 0.717) is 24.5 Å². The Hall–Kier alpha value is -1.17. The van der Waals surface area contributed by atoms with Crippen molar-refractivity contribution < 1.29 is 4.79 Å². The van der Waals surface area contributed by atoms with Gasteiger partial charge in [-0.05, 0) is 30.7 Å². The van der Waals surface area contributed by atoms with Gasteiger partial charge in [-0.15, -0.1) is 0 Å². The predicted octanol–water partition coefficient (Wildman–Crippen LogP) is 2.26. The maximum atomic E-state index is 11.9. The zero-order chi connectivity index (χ0) is 12.7. The van der Waals surface area contributed by atoms with E-state index < -0.39 is 0 Å². The molecule has 1 aromatic heterocycles. The zero-order valence-corrected chi connectivity index (χ0v) is 11.2. The van der Waals surface area contributed by atoms with Crippen LogP contribution in [0.25, 0.3) is 10.2 Å². The minimum atomic E-state index is 0.107. The lowest BCUT2D eigenvalue weighted by Gasteiger charge is -2.11. The normalized spacial score (nSPS) is 20.0. The maximum Gasteiger partial charge on any atom is 0.229 e. The molecule has 1 amide bonds. The summed E-state index contributed by atoms with van der Waals surface area (Å²) in [6.45, 7) is 1.21. The van der Waals surface area contributed by atoms with Gasteiger partial charge in [0.1, 0.15) is 0 Å². The number of rotatable bonds is 2. The van der Waals surface area contributed by atoms with E-state index in [1.165, 1.54) is 11.3 Å². The van der Waals surface area contributed by atoms with Crippen molar-refractivity contribution >= 4 is 44.2 Å². The predicted molar refractivity (Wildman–Crippen MR) is 74.1 cm³/mol. The van der Waals surface area contributed by atoms with E-state index in [0.717, 1.165) is 15.3 Å². The molecule has 1 unspecified atom stereocenters. The van der Waals surface area contributed by atoms with Gasteiger partial charge < -0.3 is 5.73 Å². The number of amides is 1. The second-order valence-electron chi connectivity index (χ2n) is 4.42. The monoisotopic (exact) mass is 281 g/mol. The minimum Gasteiger partial charge on any atom is -0.330 e. The average Bonchev–Trinajstić information content (AvgIpc) is 2.91. The molecule has 6 heteroatoms. The number of aromatic nitrogens is 1. The molecule has 1 saturated heterocycles. The summed E-state index contributed by atoms with van der Waals surface area (Å²) in [4.78, 5) is 18.1. The fraction of sp³-hybridized carbons (Fsp3) is 0.333. The van der Waals surface area contributed by atoms with Gasteiger partial charge in [-0.1, -0.05) is 22.9 Å². The molecule has 2 aromatic rings. The number of halogens is 1. The average molecular weight is 282 g/mol. The topological polar surface area (TPSA) is 59.2 Å². The molecule has 1 aliphatic rings. The molecule has 18 heavy (non-hydrogen) atoms. The summed E-state index contributed by atoms with van der Waals surface area (Å²) >= 11 is 7.44. The Labute approximate surface area is 113 Å². The summed E-state index contributed by atoms with van der Waals surface area (Å²) in [5.41, 5.74) is 6.46. The Bertz CT molecular complexity index is 612. The number of nitrogens with two attached hydrogens (primary N) is 1. The molecule has 1 atom stereocenters. The number of hydrogen-bond donors (Lipinski definition) is 1. The molecular weight excluding hydrogens is 270 g/mol. The van der Waals surface area contributed by atoms with Crippen LogP contribution in [0.15, 0.2) is 18.2 Å². The first-order valence-corrected chi connectivity index (χ1v) is 6.93. The summed E-state index contributed by atoms with van der Waals surface area (Å²) in [5.74, 6) is 0.351. The van der Waals surface area contributed by atoms with E-state index in [1.54, 1.807) is 4.90 Å². The molecule has 4 nitrogen and oxygen atoms in total. The number of anilines is 1. The molecule has 2 N–H and O–H groups in total. The van der Waals surface area contributed by atoms with Crippen LogP contribution < -0.4 is 10.6 Å². The van der Waals surface area contributed by atoms with E-state index in [9.17, 15) is 4.79 Å². The molecule has 2 heterocycles. The SMILES string of the molecule is NCC1CC(=O)N(c2nc3cc(Cl)ccc3s2)C1. The smallest absolute Gasteiger partial charge is 0.229 e. The van der Waals surface area contributed by atoms with Crippen LogP contribution in [0.5, 0.6) is 0 Å². The first kappa shape index (κ1) is 11.9. The third kappa shape index (κ3) is 1.98. The fourth-order valence-corrected chi connectivity index (χ4v) is 3.27. The minimum absolute atomic E-state index is 0.107. The standard InChI is InChI=1S/C12H12ClN3OS/c13-8-1-2-10-9(4-8)15-12(18-10)16-6-7(5-14)3-11(16)17/h1-2,4,7H,3,5-6,14H2. The molecule has 0 aliphatic carbocycles. The second kappa shape index (κ2) is 4.50. The first-order chi connectivity index (χ1) is 8.67. The highest BCUT2D eigenvalue weighted by Crippen LogP contribution is 2.33. The van der Waals surface area contributed by atoms with Gasteiger partial charge in [0.15, 0.2) is 5.13 Å². The van der Waals surface area contributed by atoms with E-state index in [1.807, 2.05) is 18.2 Å². The number of fused-ring (bicyclic) bond motifs is 1. The number of thiazole rings is 1. The summed E-state index contributed by atoms with van der Waals surface area (Å²) in [6, 6.07) is 5.58. The highest BCUT2D eigenvalue weighted by molar-refractivity contribution is 7.22. The van der Waals surface area contributed by atoms with Crippen LogP contribution in [0.3, 0.4) is 0 Å². The van der Waals surface area contributed by atoms with Gasteiger partial charge in [0, 0.05) is 18.0 Å². The maximum absolute atomic E-state index is 11.9. The van der Waals surface area contributed by atoms with Crippen molar-refractivity contribution in [1.82, 2.24) is 4.98 Å². The molecule has 1 aromatic carbocycles. The molecular formula is C12H12ClN3OS. The van der Waals surface area contributed by atoms with Crippen LogP contribution in [-0.4, -0.2) is 24.0 Å². The van der Waals surface area contributed by atoms with Crippen molar-refractivity contribution in [2.45, 2.75) is 6.42 Å². The Balaban J connectivity index is 1.97. The van der Waals surface area contributed by atoms with Crippen molar-refractivity contribution in [1.29, 1.82) is 0 Å². The Kier molecular flexibility index (Phi) is 2.97. The third-order valence-electron chi connectivity index (χ3n) is 3.11. The Morgan fingerprint density at radius 2 is 2.39 bits per heavy atom. The largest absolute Gasteiger partial charge is 0.330 e. The molecule has 3 rings (SSSR count). The molecule has 0 radical (unpaired) electrons. The summed E-state index contributed by atoms with van der Waals surface area (Å²) in [6.07, 6.45) is 0.521. The number of carbonyl (C=O) groups is 1. The zero-order valence-electron chi connectivity index (χ0n) is 9.60. The lowest BCUT2D eigenvalue weighted by atomic mass is 10.1. The highest BCUT2D eigenvalue weighted by atomic mass is 35.5. The molecule has 0 saturated carbocycles. The van der Waals surface area contributed by atoms with Crippen LogP contribution in [-0.2, 0) is 4.79 Å². The van der Waals surface area contributed by atoms with Crippen LogP contribution in [0.1, 0.15) is 6.42 Å². The van der Waals surface area contributed by atoms with E-state index in [4.69, 9.17) is 17.3 Å². The van der Waals surface area contributed by atoms with E-state index in [-0.39, 0.29) is 11.8 Å². The van der Waals surface area contributed by atoms with Crippen molar-refractivity contribution in [3.8, 4) is 0 Å². The second-order valence-corrected chi connectivity index (χ2v) is 5.86. The van der Waals surface area contributed by atoms with Crippen molar-refractivity contribution in [3.05, 3.63) is 23.2 Å². The Morgan fingerprint density at radius 3 is 3.11 bits per heavy atom. The van der Waals surface area contributed by atoms with Gasteiger partial charge in [0.25, 0.3) is 0 Å². The number of carbonyl (C=O) groups excluding carboxylic acids is 1. The van der Waals surface area contributed by atoms with Gasteiger partial charge in [-0.2, -0.15) is 0 Å². The van der Waals surface area contributed by atoms with Gasteiger partial charge in [0.2, 0.25) is 5.91 Å². The van der Waals surface area contributed by atoms with E-state index >= 15 is 0 Å². The van der Waals surface area contributed by atoms with Crippen molar-refractivity contribution in [3.63, 3.8) is 0 Å². The van der Waals surface area contributed by atoms with Crippen molar-refractivity contribution in [2.75, 3.05) is 18.0 Å². The van der Waals surface area contributed by atoms with Crippen molar-refractivity contribution in [2.24, 2.45) is 11.7 Å². The molecule has 1 aliphatic heterocycles. The van der Waals surface area contributed by atoms with Gasteiger partial charge in [-0.3, -0.25) is 9.69 Å². The quantitative estimate of drug-likeness (QED) is 0.918. The van der Waals surface area contributed by atoms with Crippen LogP contribution in [0, 0.1) is 5.92 Å². The molecule has 1 fully saturated rings. The number of benzene rings is 1. The number of hydrogen-bond acceptors (Lipinski definition) is 4. The molecule has 94 valence electrons. The van der Waals surface area contributed by atoms with Crippen LogP contribution in [0.4, 0.5) is 5.13 Å². The van der Waals surface area contributed by atoms with Crippen LogP contribution >= 0.6 is 22.9 Å². The summed E-state index contributed by atoms with van der Waals surface area (Å²) < 4.78 is 1.04. The molecule has 0 spiro atoms. The van der Waals surface area contributed by atoms with E-state index in [2.05, 4.69) is 4.98 Å². The fourth-order valence-electron chi connectivity index (χ4n) is 2.13. The first-order valence-electron chi connectivity index (χ1n) is 5.74. The van der Waals surface area contributed by atoms with Crippen LogP contribution in [0.2, 0.25) is 5.02 Å². The third-order valence-corrected chi connectivity index (χ3v) is 4.40. The van der Waals surface area contributed by atoms with Gasteiger partial charge in [-0.25, -0.2) is 4.98 Å². The lowest BCUT2D eigenvalue weighted by Crippen LogP contribution is -2.25. The summed E-state index contributed by atoms with van der Waals surface area (Å²) in [7, 11) is 0. The van der Waals surface area contributed by atoms with Gasteiger partial charge >= 0.3 is 0 Å².